The van der Waals surface area contributed by atoms with Crippen LogP contribution in [0.25, 0.3) is 0 Å². The van der Waals surface area contributed by atoms with Gasteiger partial charge in [-0.3, -0.25) is 0 Å². The Morgan fingerprint density at radius 3 is 2.37 bits per heavy atom. The summed E-state index contributed by atoms with van der Waals surface area (Å²) in [4.78, 5) is 4.23. The molecule has 38 heavy (non-hydrogen) atoms. The van der Waals surface area contributed by atoms with Crippen LogP contribution >= 0.6 is 23.2 Å². The average molecular weight is 599 g/mol. The minimum atomic E-state index is -4.03. The zero-order valence-corrected chi connectivity index (χ0v) is 23.5. The molecule has 0 fully saturated rings. The van der Waals surface area contributed by atoms with Gasteiger partial charge in [0.1, 0.15) is 5.76 Å². The van der Waals surface area contributed by atoms with Gasteiger partial charge in [-0.05, 0) is 48.0 Å². The Morgan fingerprint density at radius 2 is 1.71 bits per heavy atom. The first-order valence-electron chi connectivity index (χ1n) is 11.4. The van der Waals surface area contributed by atoms with Gasteiger partial charge in [0.15, 0.2) is 0 Å². The number of rotatable bonds is 12. The third kappa shape index (κ3) is 6.48. The molecule has 2 heterocycles. The Bertz CT molecular complexity index is 1590. The number of imidazole rings is 1. The zero-order valence-electron chi connectivity index (χ0n) is 20.3. The molecule has 202 valence electrons. The number of benzene rings is 2. The predicted molar refractivity (Wildman–Crippen MR) is 143 cm³/mol. The molecule has 9 nitrogen and oxygen atoms in total. The number of nitrogens with zero attached hydrogens (tertiary/aromatic N) is 3. The molecular weight excluding hydrogens is 573 g/mol. The van der Waals surface area contributed by atoms with Crippen LogP contribution in [-0.4, -0.2) is 44.4 Å². The maximum absolute atomic E-state index is 13.6. The summed E-state index contributed by atoms with van der Waals surface area (Å²) >= 11 is 12.2. The third-order valence-corrected chi connectivity index (χ3v) is 9.70. The second-order valence-corrected chi connectivity index (χ2v) is 13.0. The van der Waals surface area contributed by atoms with Crippen LogP contribution in [0.2, 0.25) is 10.0 Å². The maximum atomic E-state index is 13.6. The van der Waals surface area contributed by atoms with Crippen molar-refractivity contribution in [2.75, 3.05) is 13.7 Å². The molecule has 2 aromatic heterocycles. The number of sulfonamides is 1. The van der Waals surface area contributed by atoms with Crippen molar-refractivity contribution >= 4 is 43.1 Å². The van der Waals surface area contributed by atoms with Crippen molar-refractivity contribution in [3.05, 3.63) is 100 Å². The lowest BCUT2D eigenvalue weighted by Crippen LogP contribution is -2.31. The summed E-state index contributed by atoms with van der Waals surface area (Å²) in [6.07, 6.45) is 2.81. The van der Waals surface area contributed by atoms with Gasteiger partial charge in [-0.1, -0.05) is 41.4 Å². The van der Waals surface area contributed by atoms with E-state index in [2.05, 4.69) is 4.98 Å². The van der Waals surface area contributed by atoms with Crippen LogP contribution in [0, 0.1) is 0 Å². The molecule has 0 N–H and O–H groups in total. The minimum absolute atomic E-state index is 0.0305. The lowest BCUT2D eigenvalue weighted by molar-refractivity contribution is 0.182. The van der Waals surface area contributed by atoms with Crippen molar-refractivity contribution in [2.45, 2.75) is 35.4 Å². The summed E-state index contributed by atoms with van der Waals surface area (Å²) in [6.45, 7) is 0.0533. The molecule has 0 saturated heterocycles. The van der Waals surface area contributed by atoms with Gasteiger partial charge in [0.25, 0.3) is 0 Å². The molecule has 0 radical (unpaired) electrons. The van der Waals surface area contributed by atoms with Crippen LogP contribution in [0.3, 0.4) is 0 Å². The van der Waals surface area contributed by atoms with Crippen LogP contribution < -0.4 is 0 Å². The van der Waals surface area contributed by atoms with Crippen molar-refractivity contribution in [1.82, 2.24) is 13.9 Å². The lowest BCUT2D eigenvalue weighted by atomic mass is 10.2. The molecule has 4 aromatic rings. The highest BCUT2D eigenvalue weighted by molar-refractivity contribution is 7.90. The van der Waals surface area contributed by atoms with Crippen LogP contribution in [0.4, 0.5) is 0 Å². The molecule has 0 aliphatic carbocycles. The lowest BCUT2D eigenvalue weighted by Gasteiger charge is -2.22. The summed E-state index contributed by atoms with van der Waals surface area (Å²) in [7, 11) is -6.49. The molecule has 0 aliphatic rings. The fourth-order valence-corrected chi connectivity index (χ4v) is 7.14. The normalized spacial score (nSPS) is 12.3. The van der Waals surface area contributed by atoms with Crippen LogP contribution in [-0.2, 0) is 50.0 Å². The largest absolute Gasteiger partial charge is 0.468 e. The van der Waals surface area contributed by atoms with Gasteiger partial charge in [0.2, 0.25) is 25.0 Å². The summed E-state index contributed by atoms with van der Waals surface area (Å²) in [6, 6.07) is 15.8. The SMILES string of the molecule is COCCn1c(CN(Cc2ccco2)S(=O)(=O)c2ccc(Cl)cc2)cnc1S(=O)(=O)Cc1ccccc1Cl. The zero-order chi connectivity index (χ0) is 27.3. The van der Waals surface area contributed by atoms with Crippen molar-refractivity contribution < 1.29 is 26.0 Å². The molecule has 0 bridgehead atoms. The summed E-state index contributed by atoms with van der Waals surface area (Å²) in [5.74, 6) is 0.0482. The first-order chi connectivity index (χ1) is 18.1. The van der Waals surface area contributed by atoms with Gasteiger partial charge in [-0.25, -0.2) is 21.8 Å². The number of hydrogen-bond donors (Lipinski definition) is 0. The molecule has 0 unspecified atom stereocenters. The summed E-state index contributed by atoms with van der Waals surface area (Å²) in [5, 5.41) is 0.517. The number of aromatic nitrogens is 2. The summed E-state index contributed by atoms with van der Waals surface area (Å²) in [5.41, 5.74) is 0.797. The smallest absolute Gasteiger partial charge is 0.243 e. The second kappa shape index (κ2) is 12.0. The number of sulfone groups is 1. The fourth-order valence-electron chi connectivity index (χ4n) is 3.81. The van der Waals surface area contributed by atoms with E-state index in [0.717, 1.165) is 0 Å². The van der Waals surface area contributed by atoms with E-state index in [1.54, 1.807) is 36.4 Å². The highest BCUT2D eigenvalue weighted by Crippen LogP contribution is 2.26. The van der Waals surface area contributed by atoms with Crippen molar-refractivity contribution in [3.8, 4) is 0 Å². The highest BCUT2D eigenvalue weighted by Gasteiger charge is 2.30. The third-order valence-electron chi connectivity index (χ3n) is 5.70. The standard InChI is InChI=1S/C25H25Cl2N3O6S2/c1-35-14-12-30-21(15-28-25(30)37(31,32)18-19-5-2-3-7-24(19)27)16-29(17-22-6-4-13-36-22)38(33,34)23-10-8-20(26)9-11-23/h2-11,13,15H,12,14,16-18H2,1H3. The molecule has 0 spiro atoms. The minimum Gasteiger partial charge on any atom is -0.468 e. The van der Waals surface area contributed by atoms with Crippen LogP contribution in [0.5, 0.6) is 0 Å². The van der Waals surface area contributed by atoms with Gasteiger partial charge >= 0.3 is 0 Å². The van der Waals surface area contributed by atoms with Gasteiger partial charge in [-0.15, -0.1) is 0 Å². The first-order valence-corrected chi connectivity index (χ1v) is 15.2. The Morgan fingerprint density at radius 1 is 0.974 bits per heavy atom. The molecular formula is C25H25Cl2N3O6S2. The van der Waals surface area contributed by atoms with Gasteiger partial charge in [0.05, 0.1) is 48.5 Å². The Hall–Kier alpha value is -2.67. The summed E-state index contributed by atoms with van der Waals surface area (Å²) < 4.78 is 67.3. The number of halogens is 2. The number of ether oxygens (including phenoxy) is 1. The molecule has 2 aromatic carbocycles. The average Bonchev–Trinajstić information content (AvgIpc) is 3.54. The van der Waals surface area contributed by atoms with E-state index in [1.807, 2.05) is 0 Å². The van der Waals surface area contributed by atoms with Crippen molar-refractivity contribution in [1.29, 1.82) is 0 Å². The van der Waals surface area contributed by atoms with E-state index >= 15 is 0 Å². The van der Waals surface area contributed by atoms with Crippen LogP contribution in [0.1, 0.15) is 17.0 Å². The van der Waals surface area contributed by atoms with E-state index in [9.17, 15) is 16.8 Å². The Labute approximate surface area is 231 Å². The van der Waals surface area contributed by atoms with E-state index < -0.39 is 19.9 Å². The maximum Gasteiger partial charge on any atom is 0.243 e. The molecule has 0 amide bonds. The van der Waals surface area contributed by atoms with Crippen LogP contribution in [0.15, 0.2) is 87.6 Å². The molecule has 0 saturated carbocycles. The van der Waals surface area contributed by atoms with E-state index in [0.29, 0.717) is 27.1 Å². The topological polar surface area (TPSA) is 112 Å². The highest BCUT2D eigenvalue weighted by atomic mass is 35.5. The molecule has 4 rings (SSSR count). The first kappa shape index (κ1) is 28.3. The number of methoxy groups -OCH3 is 1. The predicted octanol–water partition coefficient (Wildman–Crippen LogP) is 4.79. The van der Waals surface area contributed by atoms with Crippen molar-refractivity contribution in [2.24, 2.45) is 0 Å². The van der Waals surface area contributed by atoms with Gasteiger partial charge in [-0.2, -0.15) is 4.31 Å². The monoisotopic (exact) mass is 597 g/mol. The Balaban J connectivity index is 1.73. The molecule has 0 atom stereocenters. The molecule has 0 aliphatic heterocycles. The number of furan rings is 1. The van der Waals surface area contributed by atoms with E-state index in [1.165, 1.54) is 52.7 Å². The van der Waals surface area contributed by atoms with Crippen molar-refractivity contribution in [3.63, 3.8) is 0 Å². The van der Waals surface area contributed by atoms with Gasteiger partial charge < -0.3 is 13.7 Å². The fraction of sp³-hybridized carbons (Fsp3) is 0.240. The Kier molecular flexibility index (Phi) is 8.96. The molecule has 13 heteroatoms. The van der Waals surface area contributed by atoms with E-state index in [4.69, 9.17) is 32.4 Å². The quantitative estimate of drug-likeness (QED) is 0.231. The second-order valence-electron chi connectivity index (χ2n) is 8.33. The number of hydrogen-bond acceptors (Lipinski definition) is 7. The van der Waals surface area contributed by atoms with E-state index in [-0.39, 0.29) is 42.0 Å². The van der Waals surface area contributed by atoms with Gasteiger partial charge in [0, 0.05) is 23.7 Å².